The fourth-order valence-electron chi connectivity index (χ4n) is 3.21. The number of carbonyl (C=O) groups excluding carboxylic acids is 1. The Labute approximate surface area is 121 Å². The van der Waals surface area contributed by atoms with Crippen LogP contribution in [0, 0.1) is 5.92 Å². The van der Waals surface area contributed by atoms with Crippen molar-refractivity contribution in [3.63, 3.8) is 0 Å². The number of halogens is 1. The van der Waals surface area contributed by atoms with Gasteiger partial charge in [-0.2, -0.15) is 0 Å². The molecule has 110 valence electrons. The topological polar surface area (TPSA) is 29.5 Å². The maximum atomic E-state index is 12.3. The van der Waals surface area contributed by atoms with E-state index in [4.69, 9.17) is 16.3 Å². The van der Waals surface area contributed by atoms with E-state index in [9.17, 15) is 4.79 Å². The highest BCUT2D eigenvalue weighted by Crippen LogP contribution is 2.27. The maximum Gasteiger partial charge on any atom is 0.222 e. The van der Waals surface area contributed by atoms with Crippen molar-refractivity contribution in [3.05, 3.63) is 0 Å². The van der Waals surface area contributed by atoms with Gasteiger partial charge in [-0.05, 0) is 19.3 Å². The number of carbonyl (C=O) groups is 1. The zero-order chi connectivity index (χ0) is 13.7. The lowest BCUT2D eigenvalue weighted by molar-refractivity contribution is -0.143. The number of ether oxygens (including phenoxy) is 1. The van der Waals surface area contributed by atoms with E-state index in [1.807, 2.05) is 4.90 Å². The monoisotopic (exact) mass is 287 g/mol. The molecule has 1 heterocycles. The van der Waals surface area contributed by atoms with Gasteiger partial charge < -0.3 is 9.64 Å². The molecule has 3 nitrogen and oxygen atoms in total. The van der Waals surface area contributed by atoms with Gasteiger partial charge in [-0.15, -0.1) is 11.6 Å². The predicted molar refractivity (Wildman–Crippen MR) is 77.4 cm³/mol. The number of rotatable bonds is 4. The highest BCUT2D eigenvalue weighted by molar-refractivity contribution is 6.18. The lowest BCUT2D eigenvalue weighted by Gasteiger charge is -2.37. The Morgan fingerprint density at radius 3 is 2.74 bits per heavy atom. The second-order valence-electron chi connectivity index (χ2n) is 6.05. The van der Waals surface area contributed by atoms with Crippen molar-refractivity contribution in [1.29, 1.82) is 0 Å². The van der Waals surface area contributed by atoms with E-state index < -0.39 is 0 Å². The summed E-state index contributed by atoms with van der Waals surface area (Å²) in [6.07, 6.45) is 8.48. The minimum absolute atomic E-state index is 0.0106. The van der Waals surface area contributed by atoms with E-state index in [1.165, 1.54) is 32.1 Å². The number of hydrogen-bond acceptors (Lipinski definition) is 2. The Bertz CT molecular complexity index is 292. The molecular formula is C15H26ClNO2. The molecule has 1 aliphatic carbocycles. The summed E-state index contributed by atoms with van der Waals surface area (Å²) < 4.78 is 5.59. The first-order valence-electron chi connectivity index (χ1n) is 7.67. The summed E-state index contributed by atoms with van der Waals surface area (Å²) in [5.41, 5.74) is 0. The van der Waals surface area contributed by atoms with E-state index in [2.05, 4.69) is 6.92 Å². The average Bonchev–Trinajstić information content (AvgIpc) is 2.46. The second kappa shape index (κ2) is 7.49. The van der Waals surface area contributed by atoms with Crippen LogP contribution in [0.3, 0.4) is 0 Å². The lowest BCUT2D eigenvalue weighted by Crippen LogP contribution is -2.51. The third kappa shape index (κ3) is 4.35. The Kier molecular flexibility index (Phi) is 5.96. The van der Waals surface area contributed by atoms with Gasteiger partial charge in [0.25, 0.3) is 0 Å². The molecule has 0 aromatic heterocycles. The number of hydrogen-bond donors (Lipinski definition) is 0. The van der Waals surface area contributed by atoms with Crippen LogP contribution >= 0.6 is 11.6 Å². The van der Waals surface area contributed by atoms with Crippen LogP contribution in [0.25, 0.3) is 0 Å². The van der Waals surface area contributed by atoms with Crippen LogP contribution in [0.5, 0.6) is 0 Å². The number of nitrogens with zero attached hydrogens (tertiary/aromatic N) is 1. The predicted octanol–water partition coefficient (Wildman–Crippen LogP) is 3.20. The Balaban J connectivity index is 1.77. The molecular weight excluding hydrogens is 262 g/mol. The molecule has 0 aromatic rings. The molecule has 4 heteroatoms. The molecule has 0 radical (unpaired) electrons. The van der Waals surface area contributed by atoms with Crippen LogP contribution in [-0.2, 0) is 9.53 Å². The first-order chi connectivity index (χ1) is 9.20. The largest absolute Gasteiger partial charge is 0.373 e. The molecule has 1 saturated carbocycles. The highest BCUT2D eigenvalue weighted by Gasteiger charge is 2.29. The molecule has 2 atom stereocenters. The molecule has 1 saturated heterocycles. The molecule has 1 aliphatic heterocycles. The Morgan fingerprint density at radius 2 is 2.05 bits per heavy atom. The quantitative estimate of drug-likeness (QED) is 0.743. The van der Waals surface area contributed by atoms with Crippen LogP contribution in [0.1, 0.15) is 51.9 Å². The smallest absolute Gasteiger partial charge is 0.222 e. The van der Waals surface area contributed by atoms with E-state index in [-0.39, 0.29) is 18.1 Å². The number of morpholine rings is 1. The molecule has 19 heavy (non-hydrogen) atoms. The second-order valence-corrected chi connectivity index (χ2v) is 6.36. The zero-order valence-corrected chi connectivity index (χ0v) is 12.7. The normalized spacial score (nSPS) is 29.5. The van der Waals surface area contributed by atoms with Crippen molar-refractivity contribution in [2.24, 2.45) is 5.92 Å². The minimum atomic E-state index is 0.0106. The van der Waals surface area contributed by atoms with E-state index in [0.29, 0.717) is 25.5 Å². The van der Waals surface area contributed by atoms with E-state index in [0.717, 1.165) is 12.3 Å². The summed E-state index contributed by atoms with van der Waals surface area (Å²) in [7, 11) is 0. The van der Waals surface area contributed by atoms with Crippen molar-refractivity contribution in [3.8, 4) is 0 Å². The summed E-state index contributed by atoms with van der Waals surface area (Å²) >= 11 is 5.83. The van der Waals surface area contributed by atoms with Gasteiger partial charge in [0.2, 0.25) is 5.91 Å². The van der Waals surface area contributed by atoms with Crippen LogP contribution in [0.15, 0.2) is 0 Å². The molecule has 2 rings (SSSR count). The van der Waals surface area contributed by atoms with Crippen molar-refractivity contribution in [2.45, 2.75) is 64.0 Å². The van der Waals surface area contributed by atoms with Gasteiger partial charge in [0, 0.05) is 13.0 Å². The number of alkyl halides is 1. The van der Waals surface area contributed by atoms with Gasteiger partial charge in [-0.25, -0.2) is 0 Å². The maximum absolute atomic E-state index is 12.3. The Morgan fingerprint density at radius 1 is 1.32 bits per heavy atom. The molecule has 0 spiro atoms. The standard InChI is InChI=1S/C15H26ClNO2/c1-12-11-19-14(9-16)10-17(12)15(18)8-7-13-5-3-2-4-6-13/h12-14H,2-11H2,1H3. The molecule has 0 aromatic carbocycles. The van der Waals surface area contributed by atoms with Crippen LogP contribution in [-0.4, -0.2) is 42.0 Å². The zero-order valence-electron chi connectivity index (χ0n) is 11.9. The van der Waals surface area contributed by atoms with Gasteiger partial charge in [0.15, 0.2) is 0 Å². The highest BCUT2D eigenvalue weighted by atomic mass is 35.5. The average molecular weight is 288 g/mol. The summed E-state index contributed by atoms with van der Waals surface area (Å²) in [6.45, 7) is 3.34. The fourth-order valence-corrected chi connectivity index (χ4v) is 3.39. The third-order valence-electron chi connectivity index (χ3n) is 4.49. The van der Waals surface area contributed by atoms with Gasteiger partial charge in [-0.3, -0.25) is 4.79 Å². The summed E-state index contributed by atoms with van der Waals surface area (Å²) in [5.74, 6) is 1.54. The molecule has 2 unspecified atom stereocenters. The summed E-state index contributed by atoms with van der Waals surface area (Å²) in [5, 5.41) is 0. The third-order valence-corrected chi connectivity index (χ3v) is 4.83. The van der Waals surface area contributed by atoms with Gasteiger partial charge in [0.05, 0.1) is 24.6 Å². The first kappa shape index (κ1) is 15.1. The number of amides is 1. The Hall–Kier alpha value is -0.280. The summed E-state index contributed by atoms with van der Waals surface area (Å²) in [4.78, 5) is 14.3. The van der Waals surface area contributed by atoms with Gasteiger partial charge in [0.1, 0.15) is 0 Å². The van der Waals surface area contributed by atoms with Crippen molar-refractivity contribution >= 4 is 17.5 Å². The minimum Gasteiger partial charge on any atom is -0.373 e. The molecule has 0 N–H and O–H groups in total. The van der Waals surface area contributed by atoms with Crippen molar-refractivity contribution < 1.29 is 9.53 Å². The van der Waals surface area contributed by atoms with E-state index in [1.54, 1.807) is 0 Å². The van der Waals surface area contributed by atoms with Gasteiger partial charge >= 0.3 is 0 Å². The van der Waals surface area contributed by atoms with Gasteiger partial charge in [-0.1, -0.05) is 32.1 Å². The van der Waals surface area contributed by atoms with Crippen LogP contribution in [0.4, 0.5) is 0 Å². The summed E-state index contributed by atoms with van der Waals surface area (Å²) in [6, 6.07) is 0.193. The van der Waals surface area contributed by atoms with Crippen molar-refractivity contribution in [2.75, 3.05) is 19.0 Å². The molecule has 1 amide bonds. The molecule has 2 fully saturated rings. The van der Waals surface area contributed by atoms with Crippen molar-refractivity contribution in [1.82, 2.24) is 4.90 Å². The van der Waals surface area contributed by atoms with Crippen LogP contribution in [0.2, 0.25) is 0 Å². The first-order valence-corrected chi connectivity index (χ1v) is 8.21. The fraction of sp³-hybridized carbons (Fsp3) is 0.933. The SMILES string of the molecule is CC1COC(CCl)CN1C(=O)CCC1CCCCC1. The molecule has 2 aliphatic rings. The molecule has 0 bridgehead atoms. The van der Waals surface area contributed by atoms with E-state index >= 15 is 0 Å². The van der Waals surface area contributed by atoms with Crippen LogP contribution < -0.4 is 0 Å². The lowest BCUT2D eigenvalue weighted by atomic mass is 9.86.